The summed E-state index contributed by atoms with van der Waals surface area (Å²) in [6, 6.07) is 8.79. The van der Waals surface area contributed by atoms with E-state index >= 15 is 0 Å². The van der Waals surface area contributed by atoms with Crippen molar-refractivity contribution < 1.29 is 9.47 Å². The lowest BCUT2D eigenvalue weighted by Crippen LogP contribution is -2.21. The molecule has 1 aromatic carbocycles. The second-order valence-electron chi connectivity index (χ2n) is 4.67. The Morgan fingerprint density at radius 3 is 2.74 bits per heavy atom. The predicted molar refractivity (Wildman–Crippen MR) is 79.8 cm³/mol. The van der Waals surface area contributed by atoms with Crippen LogP contribution >= 0.6 is 0 Å². The second-order valence-corrected chi connectivity index (χ2v) is 4.67. The largest absolute Gasteiger partial charge is 0.494 e. The summed E-state index contributed by atoms with van der Waals surface area (Å²) in [5.74, 6) is 0.967. The fourth-order valence-corrected chi connectivity index (χ4v) is 2.11. The maximum absolute atomic E-state index is 5.70. The summed E-state index contributed by atoms with van der Waals surface area (Å²) in [7, 11) is 1.75. The molecule has 0 heterocycles. The molecule has 1 atom stereocenters. The first-order valence-corrected chi connectivity index (χ1v) is 7.26. The van der Waals surface area contributed by atoms with Crippen molar-refractivity contribution in [3.05, 3.63) is 29.8 Å². The molecule has 0 saturated heterocycles. The van der Waals surface area contributed by atoms with E-state index in [1.165, 1.54) is 5.56 Å². The molecular weight excluding hydrogens is 238 g/mol. The molecule has 0 saturated carbocycles. The molecule has 1 aromatic rings. The monoisotopic (exact) mass is 265 g/mol. The van der Waals surface area contributed by atoms with Crippen LogP contribution in [-0.4, -0.2) is 26.9 Å². The van der Waals surface area contributed by atoms with Gasteiger partial charge in [-0.05, 0) is 43.5 Å². The molecule has 108 valence electrons. The summed E-state index contributed by atoms with van der Waals surface area (Å²) in [5.41, 5.74) is 1.30. The molecule has 1 unspecified atom stereocenters. The molecule has 0 bridgehead atoms. The lowest BCUT2D eigenvalue weighted by Gasteiger charge is -2.19. The standard InChI is InChI=1S/C16H27NO2/c1-4-11-19-15-9-6-8-14(13-15)16(17-5-2)10-7-12-18-3/h6,8-9,13,16-17H,4-5,7,10-12H2,1-3H3. The van der Waals surface area contributed by atoms with Gasteiger partial charge in [-0.15, -0.1) is 0 Å². The fraction of sp³-hybridized carbons (Fsp3) is 0.625. The topological polar surface area (TPSA) is 30.5 Å². The summed E-state index contributed by atoms with van der Waals surface area (Å²) < 4.78 is 10.8. The van der Waals surface area contributed by atoms with E-state index in [2.05, 4.69) is 37.4 Å². The molecule has 0 fully saturated rings. The molecular formula is C16H27NO2. The summed E-state index contributed by atoms with van der Waals surface area (Å²) >= 11 is 0. The Labute approximate surface area is 117 Å². The average molecular weight is 265 g/mol. The maximum atomic E-state index is 5.70. The number of nitrogens with one attached hydrogen (secondary N) is 1. The average Bonchev–Trinajstić information content (AvgIpc) is 2.45. The van der Waals surface area contributed by atoms with E-state index in [-0.39, 0.29) is 0 Å². The van der Waals surface area contributed by atoms with Crippen LogP contribution in [0.3, 0.4) is 0 Å². The van der Waals surface area contributed by atoms with Gasteiger partial charge in [0.05, 0.1) is 6.61 Å². The maximum Gasteiger partial charge on any atom is 0.119 e. The van der Waals surface area contributed by atoms with Crippen LogP contribution in [0.25, 0.3) is 0 Å². The van der Waals surface area contributed by atoms with Gasteiger partial charge >= 0.3 is 0 Å². The number of hydrogen-bond acceptors (Lipinski definition) is 3. The predicted octanol–water partition coefficient (Wildman–Crippen LogP) is 3.55. The van der Waals surface area contributed by atoms with E-state index in [9.17, 15) is 0 Å². The van der Waals surface area contributed by atoms with Gasteiger partial charge in [-0.25, -0.2) is 0 Å². The fourth-order valence-electron chi connectivity index (χ4n) is 2.11. The molecule has 1 rings (SSSR count). The Morgan fingerprint density at radius 2 is 2.05 bits per heavy atom. The van der Waals surface area contributed by atoms with Crippen LogP contribution < -0.4 is 10.1 Å². The first-order valence-electron chi connectivity index (χ1n) is 7.26. The Balaban J connectivity index is 2.65. The van der Waals surface area contributed by atoms with Crippen LogP contribution in [0, 0.1) is 0 Å². The molecule has 0 aliphatic carbocycles. The molecule has 3 nitrogen and oxygen atoms in total. The van der Waals surface area contributed by atoms with Crippen molar-refractivity contribution in [3.63, 3.8) is 0 Å². The Bertz CT molecular complexity index is 341. The van der Waals surface area contributed by atoms with Crippen LogP contribution in [0.2, 0.25) is 0 Å². The first-order chi connectivity index (χ1) is 9.31. The highest BCUT2D eigenvalue weighted by molar-refractivity contribution is 5.30. The van der Waals surface area contributed by atoms with Crippen molar-refractivity contribution in [2.24, 2.45) is 0 Å². The van der Waals surface area contributed by atoms with E-state index in [0.29, 0.717) is 6.04 Å². The number of hydrogen-bond donors (Lipinski definition) is 1. The van der Waals surface area contributed by atoms with Crippen molar-refractivity contribution in [1.29, 1.82) is 0 Å². The van der Waals surface area contributed by atoms with Crippen LogP contribution in [0.1, 0.15) is 44.7 Å². The van der Waals surface area contributed by atoms with Gasteiger partial charge in [-0.3, -0.25) is 0 Å². The lowest BCUT2D eigenvalue weighted by atomic mass is 10.0. The highest BCUT2D eigenvalue weighted by Crippen LogP contribution is 2.23. The Morgan fingerprint density at radius 1 is 1.21 bits per heavy atom. The van der Waals surface area contributed by atoms with E-state index in [1.807, 2.05) is 6.07 Å². The Hall–Kier alpha value is -1.06. The van der Waals surface area contributed by atoms with Crippen molar-refractivity contribution in [2.45, 2.75) is 39.2 Å². The van der Waals surface area contributed by atoms with Crippen molar-refractivity contribution in [3.8, 4) is 5.75 Å². The van der Waals surface area contributed by atoms with Gasteiger partial charge in [0.2, 0.25) is 0 Å². The third kappa shape index (κ3) is 6.08. The molecule has 0 radical (unpaired) electrons. The van der Waals surface area contributed by atoms with Crippen LogP contribution in [0.4, 0.5) is 0 Å². The quantitative estimate of drug-likeness (QED) is 0.656. The van der Waals surface area contributed by atoms with Crippen LogP contribution in [-0.2, 0) is 4.74 Å². The van der Waals surface area contributed by atoms with Gasteiger partial charge in [0.15, 0.2) is 0 Å². The summed E-state index contributed by atoms with van der Waals surface area (Å²) in [6.45, 7) is 6.82. The molecule has 19 heavy (non-hydrogen) atoms. The molecule has 0 aliphatic rings. The van der Waals surface area contributed by atoms with E-state index in [1.54, 1.807) is 7.11 Å². The highest BCUT2D eigenvalue weighted by Gasteiger charge is 2.10. The lowest BCUT2D eigenvalue weighted by molar-refractivity contribution is 0.189. The smallest absolute Gasteiger partial charge is 0.119 e. The van der Waals surface area contributed by atoms with E-state index < -0.39 is 0 Å². The van der Waals surface area contributed by atoms with Crippen molar-refractivity contribution in [1.82, 2.24) is 5.32 Å². The zero-order chi connectivity index (χ0) is 13.9. The van der Waals surface area contributed by atoms with Gasteiger partial charge in [-0.1, -0.05) is 26.0 Å². The molecule has 1 N–H and O–H groups in total. The van der Waals surface area contributed by atoms with Gasteiger partial charge in [0.25, 0.3) is 0 Å². The molecule has 0 spiro atoms. The normalized spacial score (nSPS) is 12.4. The molecule has 3 heteroatoms. The second kappa shape index (κ2) is 9.82. The van der Waals surface area contributed by atoms with Gasteiger partial charge < -0.3 is 14.8 Å². The number of rotatable bonds is 10. The van der Waals surface area contributed by atoms with Gasteiger partial charge in [0, 0.05) is 19.8 Å². The summed E-state index contributed by atoms with van der Waals surface area (Å²) in [5, 5.41) is 3.53. The zero-order valence-electron chi connectivity index (χ0n) is 12.4. The Kier molecular flexibility index (Phi) is 8.26. The summed E-state index contributed by atoms with van der Waals surface area (Å²) in [6.07, 6.45) is 3.18. The minimum absolute atomic E-state index is 0.380. The minimum atomic E-state index is 0.380. The highest BCUT2D eigenvalue weighted by atomic mass is 16.5. The number of ether oxygens (including phenoxy) is 2. The van der Waals surface area contributed by atoms with E-state index in [0.717, 1.165) is 44.8 Å². The van der Waals surface area contributed by atoms with Crippen LogP contribution in [0.5, 0.6) is 5.75 Å². The third-order valence-corrected chi connectivity index (χ3v) is 3.03. The van der Waals surface area contributed by atoms with Gasteiger partial charge in [-0.2, -0.15) is 0 Å². The molecule has 0 amide bonds. The number of methoxy groups -OCH3 is 1. The zero-order valence-corrected chi connectivity index (χ0v) is 12.4. The number of benzene rings is 1. The third-order valence-electron chi connectivity index (χ3n) is 3.03. The van der Waals surface area contributed by atoms with Crippen LogP contribution in [0.15, 0.2) is 24.3 Å². The molecule has 0 aromatic heterocycles. The van der Waals surface area contributed by atoms with Crippen molar-refractivity contribution in [2.75, 3.05) is 26.9 Å². The summed E-state index contributed by atoms with van der Waals surface area (Å²) in [4.78, 5) is 0. The first kappa shape index (κ1) is 16.0. The minimum Gasteiger partial charge on any atom is -0.494 e. The SMILES string of the molecule is CCCOc1cccc(C(CCCOC)NCC)c1. The van der Waals surface area contributed by atoms with Crippen molar-refractivity contribution >= 4 is 0 Å². The van der Waals surface area contributed by atoms with E-state index in [4.69, 9.17) is 9.47 Å². The molecule has 0 aliphatic heterocycles. The van der Waals surface area contributed by atoms with Gasteiger partial charge in [0.1, 0.15) is 5.75 Å².